The maximum absolute atomic E-state index is 9.97. The van der Waals surface area contributed by atoms with Crippen LogP contribution < -0.4 is 5.73 Å². The van der Waals surface area contributed by atoms with Gasteiger partial charge in [-0.2, -0.15) is 0 Å². The average Bonchev–Trinajstić information content (AvgIpc) is 1.67. The first-order valence-electron chi connectivity index (χ1n) is 1.79. The van der Waals surface area contributed by atoms with Crippen molar-refractivity contribution in [2.45, 2.75) is 0 Å². The lowest BCUT2D eigenvalue weighted by molar-refractivity contribution is -0.149. The summed E-state index contributed by atoms with van der Waals surface area (Å²) in [4.78, 5) is 19.8. The molecule has 0 rings (SSSR count). The molecule has 0 aliphatic rings. The molecular weight excluding hydrogens is 110 g/mol. The summed E-state index contributed by atoms with van der Waals surface area (Å²) in [7, 11) is 0. The maximum atomic E-state index is 9.97. The summed E-state index contributed by atoms with van der Waals surface area (Å²) in [6, 6.07) is 0. The van der Waals surface area contributed by atoms with Crippen molar-refractivity contribution in [3.05, 3.63) is 12.8 Å². The highest BCUT2D eigenvalue weighted by molar-refractivity contribution is 6.31. The number of primary amides is 1. The van der Waals surface area contributed by atoms with E-state index in [9.17, 15) is 9.59 Å². The van der Waals surface area contributed by atoms with Crippen molar-refractivity contribution < 1.29 is 14.3 Å². The molecule has 0 heterocycles. The highest BCUT2D eigenvalue weighted by atomic mass is 16.5. The molecule has 2 N–H and O–H groups in total. The molecule has 0 aromatic rings. The second-order valence-corrected chi connectivity index (χ2v) is 0.936. The van der Waals surface area contributed by atoms with E-state index in [1.54, 1.807) is 0 Å². The Kier molecular flexibility index (Phi) is 2.33. The van der Waals surface area contributed by atoms with E-state index in [-0.39, 0.29) is 0 Å². The number of amides is 1. The Balaban J connectivity index is 3.65. The third-order valence-corrected chi connectivity index (χ3v) is 0.392. The van der Waals surface area contributed by atoms with Gasteiger partial charge >= 0.3 is 11.9 Å². The SMILES string of the molecule is C=COC(=O)C(N)=O. The topological polar surface area (TPSA) is 69.4 Å². The Labute approximate surface area is 45.9 Å². The van der Waals surface area contributed by atoms with Crippen molar-refractivity contribution in [3.63, 3.8) is 0 Å². The van der Waals surface area contributed by atoms with Crippen molar-refractivity contribution in [1.29, 1.82) is 0 Å². The van der Waals surface area contributed by atoms with E-state index in [1.807, 2.05) is 0 Å². The Morgan fingerprint density at radius 1 is 1.62 bits per heavy atom. The standard InChI is InChI=1S/C4H5NO3/c1-2-8-4(7)3(5)6/h2H,1H2,(H2,5,6). The van der Waals surface area contributed by atoms with Crippen LogP contribution >= 0.6 is 0 Å². The molecule has 0 saturated heterocycles. The number of hydrogen-bond acceptors (Lipinski definition) is 3. The predicted molar refractivity (Wildman–Crippen MR) is 25.5 cm³/mol. The van der Waals surface area contributed by atoms with Crippen LogP contribution in [0.1, 0.15) is 0 Å². The molecular formula is C4H5NO3. The molecule has 0 fully saturated rings. The zero-order valence-corrected chi connectivity index (χ0v) is 4.09. The van der Waals surface area contributed by atoms with Gasteiger partial charge in [0.1, 0.15) is 0 Å². The van der Waals surface area contributed by atoms with Crippen molar-refractivity contribution >= 4 is 11.9 Å². The van der Waals surface area contributed by atoms with Gasteiger partial charge in [0.2, 0.25) is 0 Å². The van der Waals surface area contributed by atoms with Gasteiger partial charge in [-0.15, -0.1) is 0 Å². The summed E-state index contributed by atoms with van der Waals surface area (Å²) < 4.78 is 3.95. The highest BCUT2D eigenvalue weighted by Gasteiger charge is 2.06. The monoisotopic (exact) mass is 115 g/mol. The van der Waals surface area contributed by atoms with E-state index >= 15 is 0 Å². The zero-order valence-electron chi connectivity index (χ0n) is 4.09. The molecule has 0 aliphatic carbocycles. The molecule has 1 amide bonds. The van der Waals surface area contributed by atoms with Gasteiger partial charge in [-0.05, 0) is 0 Å². The number of hydrogen-bond donors (Lipinski definition) is 1. The van der Waals surface area contributed by atoms with Gasteiger partial charge in [0.25, 0.3) is 0 Å². The minimum atomic E-state index is -1.12. The molecule has 0 aliphatic heterocycles. The van der Waals surface area contributed by atoms with Crippen LogP contribution in [0.5, 0.6) is 0 Å². The largest absolute Gasteiger partial charge is 0.428 e. The maximum Gasteiger partial charge on any atom is 0.401 e. The van der Waals surface area contributed by atoms with Crippen LogP contribution in [0.25, 0.3) is 0 Å². The summed E-state index contributed by atoms with van der Waals surface area (Å²) in [5.74, 6) is -2.22. The van der Waals surface area contributed by atoms with E-state index in [0.717, 1.165) is 6.26 Å². The van der Waals surface area contributed by atoms with E-state index in [1.165, 1.54) is 0 Å². The molecule has 0 unspecified atom stereocenters. The number of carbonyl (C=O) groups excluding carboxylic acids is 2. The number of carbonyl (C=O) groups is 2. The van der Waals surface area contributed by atoms with Crippen molar-refractivity contribution in [1.82, 2.24) is 0 Å². The number of nitrogens with two attached hydrogens (primary N) is 1. The van der Waals surface area contributed by atoms with E-state index in [2.05, 4.69) is 17.0 Å². The Hall–Kier alpha value is -1.32. The van der Waals surface area contributed by atoms with Crippen molar-refractivity contribution in [3.8, 4) is 0 Å². The lowest BCUT2D eigenvalue weighted by Crippen LogP contribution is -2.23. The van der Waals surface area contributed by atoms with Crippen molar-refractivity contribution in [2.75, 3.05) is 0 Å². The molecule has 0 radical (unpaired) electrons. The third kappa shape index (κ3) is 1.96. The van der Waals surface area contributed by atoms with Gasteiger partial charge in [0.05, 0.1) is 6.26 Å². The molecule has 8 heavy (non-hydrogen) atoms. The quantitative estimate of drug-likeness (QED) is 0.275. The van der Waals surface area contributed by atoms with Crippen LogP contribution in [0.15, 0.2) is 12.8 Å². The Bertz CT molecular complexity index is 129. The molecule has 4 nitrogen and oxygen atoms in total. The Morgan fingerprint density at radius 2 is 2.12 bits per heavy atom. The summed E-state index contributed by atoms with van der Waals surface area (Å²) >= 11 is 0. The number of ether oxygens (including phenoxy) is 1. The predicted octanol–water partition coefficient (Wildman–Crippen LogP) is -0.842. The van der Waals surface area contributed by atoms with Crippen LogP contribution in [-0.4, -0.2) is 11.9 Å². The third-order valence-electron chi connectivity index (χ3n) is 0.392. The fourth-order valence-electron chi connectivity index (χ4n) is 0.134. The van der Waals surface area contributed by atoms with Gasteiger partial charge in [0.15, 0.2) is 0 Å². The smallest absolute Gasteiger partial charge is 0.401 e. The van der Waals surface area contributed by atoms with Gasteiger partial charge in [-0.1, -0.05) is 6.58 Å². The second kappa shape index (κ2) is 2.79. The summed E-state index contributed by atoms with van der Waals surface area (Å²) in [5.41, 5.74) is 4.46. The molecule has 0 aromatic heterocycles. The molecule has 0 spiro atoms. The van der Waals surface area contributed by atoms with E-state index in [4.69, 9.17) is 0 Å². The summed E-state index contributed by atoms with van der Waals surface area (Å²) in [6.07, 6.45) is 0.840. The zero-order chi connectivity index (χ0) is 6.57. The van der Waals surface area contributed by atoms with Crippen LogP contribution in [0.4, 0.5) is 0 Å². The van der Waals surface area contributed by atoms with Crippen LogP contribution in [0.3, 0.4) is 0 Å². The van der Waals surface area contributed by atoms with E-state index in [0.29, 0.717) is 0 Å². The van der Waals surface area contributed by atoms with Crippen LogP contribution in [0.2, 0.25) is 0 Å². The molecule has 0 bridgehead atoms. The fourth-order valence-corrected chi connectivity index (χ4v) is 0.134. The molecule has 0 saturated carbocycles. The van der Waals surface area contributed by atoms with Gasteiger partial charge in [0, 0.05) is 0 Å². The van der Waals surface area contributed by atoms with E-state index < -0.39 is 11.9 Å². The minimum Gasteiger partial charge on any atom is -0.428 e. The molecule has 0 aromatic carbocycles. The molecule has 0 atom stereocenters. The fraction of sp³-hybridized carbons (Fsp3) is 0. The highest BCUT2D eigenvalue weighted by Crippen LogP contribution is 1.73. The first-order valence-corrected chi connectivity index (χ1v) is 1.79. The lowest BCUT2D eigenvalue weighted by Gasteiger charge is -1.88. The normalized spacial score (nSPS) is 7.50. The Morgan fingerprint density at radius 3 is 2.25 bits per heavy atom. The van der Waals surface area contributed by atoms with Crippen LogP contribution in [0, 0.1) is 0 Å². The number of rotatable bonds is 1. The first kappa shape index (κ1) is 6.68. The second-order valence-electron chi connectivity index (χ2n) is 0.936. The average molecular weight is 115 g/mol. The van der Waals surface area contributed by atoms with Gasteiger partial charge in [-0.3, -0.25) is 4.79 Å². The lowest BCUT2D eigenvalue weighted by atomic mass is 10.7. The number of esters is 1. The molecule has 44 valence electrons. The van der Waals surface area contributed by atoms with Gasteiger partial charge < -0.3 is 10.5 Å². The summed E-state index contributed by atoms with van der Waals surface area (Å²) in [5, 5.41) is 0. The molecule has 4 heteroatoms. The minimum absolute atomic E-state index is 0.840. The first-order chi connectivity index (χ1) is 3.68. The van der Waals surface area contributed by atoms with Crippen LogP contribution in [-0.2, 0) is 14.3 Å². The van der Waals surface area contributed by atoms with Crippen molar-refractivity contribution in [2.24, 2.45) is 5.73 Å². The summed E-state index contributed by atoms with van der Waals surface area (Å²) in [6.45, 7) is 3.03. The van der Waals surface area contributed by atoms with Gasteiger partial charge in [-0.25, -0.2) is 4.79 Å².